The Morgan fingerprint density at radius 2 is 2.19 bits per heavy atom. The Hall–Kier alpha value is -1.51. The lowest BCUT2D eigenvalue weighted by molar-refractivity contribution is 0.0948. The van der Waals surface area contributed by atoms with Crippen LogP contribution in [0.1, 0.15) is 29.8 Å². The summed E-state index contributed by atoms with van der Waals surface area (Å²) in [5.41, 5.74) is 2.32. The average molecular weight is 293 g/mol. The van der Waals surface area contributed by atoms with Gasteiger partial charge in [0.1, 0.15) is 0 Å². The van der Waals surface area contributed by atoms with E-state index in [0.29, 0.717) is 0 Å². The standard InChI is InChI=1S/C13H23N7O/c14-15-13(21)12-10-20(17-16-12)8-7-18-4-2-6-19-5-1-3-11(19)9-18/h10-11H,1-9,14H2,(H,15,21). The second-order valence-corrected chi connectivity index (χ2v) is 5.83. The van der Waals surface area contributed by atoms with E-state index < -0.39 is 5.91 Å². The van der Waals surface area contributed by atoms with E-state index in [-0.39, 0.29) is 5.69 Å². The monoisotopic (exact) mass is 293 g/mol. The quantitative estimate of drug-likeness (QED) is 0.422. The van der Waals surface area contributed by atoms with Crippen molar-refractivity contribution in [2.45, 2.75) is 31.8 Å². The molecule has 1 aromatic heterocycles. The van der Waals surface area contributed by atoms with Crippen LogP contribution in [-0.2, 0) is 6.54 Å². The molecular formula is C13H23N7O. The molecule has 0 saturated carbocycles. The fourth-order valence-corrected chi connectivity index (χ4v) is 3.32. The summed E-state index contributed by atoms with van der Waals surface area (Å²) in [5.74, 6) is 4.68. The number of hydrogen-bond acceptors (Lipinski definition) is 6. The van der Waals surface area contributed by atoms with Gasteiger partial charge in [-0.3, -0.25) is 24.7 Å². The van der Waals surface area contributed by atoms with Crippen LogP contribution < -0.4 is 11.3 Å². The predicted molar refractivity (Wildman–Crippen MR) is 77.3 cm³/mol. The Balaban J connectivity index is 1.52. The number of carbonyl (C=O) groups excluding carboxylic acids is 1. The lowest BCUT2D eigenvalue weighted by atomic mass is 10.2. The Morgan fingerprint density at radius 1 is 1.33 bits per heavy atom. The molecule has 116 valence electrons. The first-order valence-electron chi connectivity index (χ1n) is 7.64. The van der Waals surface area contributed by atoms with Crippen LogP contribution >= 0.6 is 0 Å². The molecule has 1 unspecified atom stereocenters. The van der Waals surface area contributed by atoms with Crippen molar-refractivity contribution in [3.63, 3.8) is 0 Å². The minimum Gasteiger partial charge on any atom is -0.300 e. The molecule has 2 aliphatic heterocycles. The van der Waals surface area contributed by atoms with Crippen LogP contribution in [-0.4, -0.2) is 69.5 Å². The van der Waals surface area contributed by atoms with E-state index in [4.69, 9.17) is 5.84 Å². The Kier molecular flexibility index (Phi) is 4.47. The maximum absolute atomic E-state index is 11.3. The van der Waals surface area contributed by atoms with Gasteiger partial charge >= 0.3 is 0 Å². The number of nitrogen functional groups attached to an aromatic ring is 1. The number of nitrogens with zero attached hydrogens (tertiary/aromatic N) is 5. The molecule has 3 rings (SSSR count). The molecule has 8 nitrogen and oxygen atoms in total. The van der Waals surface area contributed by atoms with E-state index in [0.717, 1.165) is 32.2 Å². The van der Waals surface area contributed by atoms with Gasteiger partial charge < -0.3 is 0 Å². The summed E-state index contributed by atoms with van der Waals surface area (Å²) < 4.78 is 1.71. The van der Waals surface area contributed by atoms with E-state index in [9.17, 15) is 4.79 Å². The number of carbonyl (C=O) groups is 1. The molecular weight excluding hydrogens is 270 g/mol. The highest BCUT2D eigenvalue weighted by molar-refractivity contribution is 5.91. The topological polar surface area (TPSA) is 92.3 Å². The van der Waals surface area contributed by atoms with Crippen LogP contribution in [0.5, 0.6) is 0 Å². The molecule has 8 heteroatoms. The fourth-order valence-electron chi connectivity index (χ4n) is 3.32. The van der Waals surface area contributed by atoms with Crippen LogP contribution in [0.15, 0.2) is 6.20 Å². The molecule has 0 radical (unpaired) electrons. The first-order valence-corrected chi connectivity index (χ1v) is 7.64. The zero-order chi connectivity index (χ0) is 14.7. The molecule has 21 heavy (non-hydrogen) atoms. The number of hydrogen-bond donors (Lipinski definition) is 2. The maximum atomic E-state index is 11.3. The van der Waals surface area contributed by atoms with Gasteiger partial charge in [0.15, 0.2) is 5.69 Å². The van der Waals surface area contributed by atoms with Gasteiger partial charge in [-0.05, 0) is 38.9 Å². The van der Waals surface area contributed by atoms with Crippen LogP contribution in [0.3, 0.4) is 0 Å². The molecule has 3 heterocycles. The highest BCUT2D eigenvalue weighted by Gasteiger charge is 2.28. The minimum atomic E-state index is -0.405. The molecule has 0 aliphatic carbocycles. The minimum absolute atomic E-state index is 0.260. The summed E-state index contributed by atoms with van der Waals surface area (Å²) in [6, 6.07) is 0.724. The fraction of sp³-hybridized carbons (Fsp3) is 0.769. The van der Waals surface area contributed by atoms with Crippen molar-refractivity contribution >= 4 is 5.91 Å². The Morgan fingerprint density at radius 3 is 3.05 bits per heavy atom. The number of nitrogens with two attached hydrogens (primary N) is 1. The molecule has 1 amide bonds. The normalized spacial score (nSPS) is 23.8. The van der Waals surface area contributed by atoms with E-state index in [1.54, 1.807) is 10.9 Å². The first-order chi connectivity index (χ1) is 10.3. The average Bonchev–Trinajstić information content (AvgIpc) is 3.10. The molecule has 1 aromatic rings. The maximum Gasteiger partial charge on any atom is 0.287 e. The third kappa shape index (κ3) is 3.39. The number of rotatable bonds is 4. The van der Waals surface area contributed by atoms with Crippen LogP contribution in [0.4, 0.5) is 0 Å². The van der Waals surface area contributed by atoms with Gasteiger partial charge in [-0.15, -0.1) is 5.10 Å². The van der Waals surface area contributed by atoms with Gasteiger partial charge in [0, 0.05) is 19.1 Å². The number of fused-ring (bicyclic) bond motifs is 1. The molecule has 1 atom stereocenters. The third-order valence-corrected chi connectivity index (χ3v) is 4.44. The molecule has 2 aliphatic rings. The van der Waals surface area contributed by atoms with Crippen molar-refractivity contribution in [3.8, 4) is 0 Å². The van der Waals surface area contributed by atoms with Crippen LogP contribution in [0.25, 0.3) is 0 Å². The van der Waals surface area contributed by atoms with E-state index >= 15 is 0 Å². The summed E-state index contributed by atoms with van der Waals surface area (Å²) in [6.45, 7) is 6.46. The zero-order valence-electron chi connectivity index (χ0n) is 12.2. The van der Waals surface area contributed by atoms with E-state index in [2.05, 4.69) is 25.5 Å². The highest BCUT2D eigenvalue weighted by atomic mass is 16.2. The summed E-state index contributed by atoms with van der Waals surface area (Å²) in [7, 11) is 0. The van der Waals surface area contributed by atoms with Gasteiger partial charge in [0.05, 0.1) is 12.7 Å². The van der Waals surface area contributed by atoms with Gasteiger partial charge in [0.2, 0.25) is 0 Å². The van der Waals surface area contributed by atoms with Crippen molar-refractivity contribution in [1.82, 2.24) is 30.2 Å². The molecule has 0 spiro atoms. The number of hydrazine groups is 1. The van der Waals surface area contributed by atoms with Gasteiger partial charge in [-0.1, -0.05) is 5.21 Å². The zero-order valence-corrected chi connectivity index (χ0v) is 12.2. The summed E-state index contributed by atoms with van der Waals surface area (Å²) in [5, 5.41) is 7.79. The number of nitrogens with one attached hydrogen (secondary N) is 1. The lowest BCUT2D eigenvalue weighted by Crippen LogP contribution is -2.37. The number of amides is 1. The predicted octanol–water partition coefficient (Wildman–Crippen LogP) is -0.948. The Labute approximate surface area is 124 Å². The smallest absolute Gasteiger partial charge is 0.287 e. The largest absolute Gasteiger partial charge is 0.300 e. The van der Waals surface area contributed by atoms with Crippen molar-refractivity contribution in [3.05, 3.63) is 11.9 Å². The van der Waals surface area contributed by atoms with Crippen LogP contribution in [0, 0.1) is 0 Å². The van der Waals surface area contributed by atoms with E-state index in [1.807, 2.05) is 0 Å². The SMILES string of the molecule is NNC(=O)c1cn(CCN2CCCN3CCCC3C2)nn1. The van der Waals surface area contributed by atoms with Crippen molar-refractivity contribution in [1.29, 1.82) is 0 Å². The molecule has 0 bridgehead atoms. The number of aromatic nitrogens is 3. The van der Waals surface area contributed by atoms with Gasteiger partial charge in [-0.25, -0.2) is 5.84 Å². The van der Waals surface area contributed by atoms with Crippen molar-refractivity contribution < 1.29 is 4.79 Å². The van der Waals surface area contributed by atoms with E-state index in [1.165, 1.54) is 32.4 Å². The second-order valence-electron chi connectivity index (χ2n) is 5.83. The lowest BCUT2D eigenvalue weighted by Gasteiger charge is -2.25. The van der Waals surface area contributed by atoms with Gasteiger partial charge in [0.25, 0.3) is 5.91 Å². The first kappa shape index (κ1) is 14.4. The summed E-state index contributed by atoms with van der Waals surface area (Å²) in [4.78, 5) is 16.5. The second kappa shape index (κ2) is 6.50. The highest BCUT2D eigenvalue weighted by Crippen LogP contribution is 2.21. The summed E-state index contributed by atoms with van der Waals surface area (Å²) in [6.07, 6.45) is 5.52. The third-order valence-electron chi connectivity index (χ3n) is 4.44. The molecule has 2 fully saturated rings. The molecule has 2 saturated heterocycles. The molecule has 3 N–H and O–H groups in total. The Bertz CT molecular complexity index is 489. The van der Waals surface area contributed by atoms with Gasteiger partial charge in [-0.2, -0.15) is 0 Å². The molecule has 0 aromatic carbocycles. The van der Waals surface area contributed by atoms with Crippen molar-refractivity contribution in [2.24, 2.45) is 5.84 Å². The summed E-state index contributed by atoms with van der Waals surface area (Å²) >= 11 is 0. The van der Waals surface area contributed by atoms with Crippen molar-refractivity contribution in [2.75, 3.05) is 32.7 Å². The van der Waals surface area contributed by atoms with Crippen LogP contribution in [0.2, 0.25) is 0 Å².